The molecule has 0 saturated carbocycles. The number of fused-ring (bicyclic) bond motifs is 1. The first-order valence-electron chi connectivity index (χ1n) is 7.03. The van der Waals surface area contributed by atoms with Gasteiger partial charge in [-0.05, 0) is 29.8 Å². The van der Waals surface area contributed by atoms with E-state index in [0.29, 0.717) is 5.56 Å². The third kappa shape index (κ3) is 3.04. The average Bonchev–Trinajstić information content (AvgIpc) is 2.55. The van der Waals surface area contributed by atoms with Crippen molar-refractivity contribution in [3.8, 4) is 0 Å². The number of oxime groups is 1. The van der Waals surface area contributed by atoms with E-state index in [4.69, 9.17) is 4.84 Å². The van der Waals surface area contributed by atoms with E-state index in [1.54, 1.807) is 18.3 Å². The predicted molar refractivity (Wildman–Crippen MR) is 88.1 cm³/mol. The summed E-state index contributed by atoms with van der Waals surface area (Å²) in [5.41, 5.74) is 2.49. The molecule has 0 saturated heterocycles. The lowest BCUT2D eigenvalue weighted by molar-refractivity contribution is 0.0519. The molecule has 3 aromatic rings. The fourth-order valence-corrected chi connectivity index (χ4v) is 2.24. The molecule has 0 fully saturated rings. The lowest BCUT2D eigenvalue weighted by Gasteiger charge is -2.01. The van der Waals surface area contributed by atoms with Gasteiger partial charge in [-0.15, -0.1) is 0 Å². The van der Waals surface area contributed by atoms with Crippen LogP contribution >= 0.6 is 0 Å². The Morgan fingerprint density at radius 2 is 1.68 bits per heavy atom. The molecule has 0 heterocycles. The average molecular weight is 289 g/mol. The van der Waals surface area contributed by atoms with Crippen molar-refractivity contribution in [3.05, 3.63) is 83.4 Å². The summed E-state index contributed by atoms with van der Waals surface area (Å²) in [6, 6.07) is 21.1. The van der Waals surface area contributed by atoms with Crippen molar-refractivity contribution in [2.75, 3.05) is 0 Å². The van der Waals surface area contributed by atoms with Crippen molar-refractivity contribution >= 4 is 23.0 Å². The summed E-state index contributed by atoms with van der Waals surface area (Å²) in [7, 11) is 0. The molecule has 0 unspecified atom stereocenters. The second kappa shape index (κ2) is 6.22. The van der Waals surface area contributed by atoms with Crippen LogP contribution in [0.1, 0.15) is 21.5 Å². The molecule has 22 heavy (non-hydrogen) atoms. The highest BCUT2D eigenvalue weighted by molar-refractivity contribution is 6.00. The Bertz CT molecular complexity index is 830. The van der Waals surface area contributed by atoms with Gasteiger partial charge in [0.25, 0.3) is 0 Å². The minimum atomic E-state index is -0.462. The topological polar surface area (TPSA) is 38.7 Å². The van der Waals surface area contributed by atoms with E-state index in [2.05, 4.69) is 5.16 Å². The van der Waals surface area contributed by atoms with Crippen molar-refractivity contribution in [1.29, 1.82) is 0 Å². The quantitative estimate of drug-likeness (QED) is 0.409. The highest BCUT2D eigenvalue weighted by Crippen LogP contribution is 2.17. The number of carbonyl (C=O) groups excluding carboxylic acids is 1. The highest BCUT2D eigenvalue weighted by atomic mass is 16.7. The monoisotopic (exact) mass is 289 g/mol. The minimum Gasteiger partial charge on any atom is -0.313 e. The van der Waals surface area contributed by atoms with E-state index in [-0.39, 0.29) is 0 Å². The van der Waals surface area contributed by atoms with Gasteiger partial charge in [-0.25, -0.2) is 4.79 Å². The second-order valence-electron chi connectivity index (χ2n) is 5.05. The number of rotatable bonds is 3. The van der Waals surface area contributed by atoms with Crippen molar-refractivity contribution in [2.45, 2.75) is 6.92 Å². The number of nitrogens with zero attached hydrogens (tertiary/aromatic N) is 1. The Balaban J connectivity index is 1.76. The first-order valence-corrected chi connectivity index (χ1v) is 7.03. The number of hydrogen-bond acceptors (Lipinski definition) is 3. The Hall–Kier alpha value is -2.94. The van der Waals surface area contributed by atoms with Crippen LogP contribution in [-0.4, -0.2) is 12.2 Å². The number of aryl methyl sites for hydroxylation is 1. The molecule has 0 aliphatic heterocycles. The summed E-state index contributed by atoms with van der Waals surface area (Å²) >= 11 is 0. The lowest BCUT2D eigenvalue weighted by Crippen LogP contribution is -2.00. The zero-order chi connectivity index (χ0) is 15.4. The van der Waals surface area contributed by atoms with Crippen LogP contribution in [0.3, 0.4) is 0 Å². The summed E-state index contributed by atoms with van der Waals surface area (Å²) in [5.74, 6) is -0.462. The summed E-state index contributed by atoms with van der Waals surface area (Å²) in [6.07, 6.45) is 1.56. The van der Waals surface area contributed by atoms with Gasteiger partial charge in [-0.1, -0.05) is 65.3 Å². The summed E-state index contributed by atoms with van der Waals surface area (Å²) < 4.78 is 0. The molecule has 0 bridgehead atoms. The van der Waals surface area contributed by atoms with Crippen LogP contribution in [0.2, 0.25) is 0 Å². The first-order chi connectivity index (χ1) is 10.7. The maximum atomic E-state index is 11.9. The molecule has 3 rings (SSSR count). The molecule has 0 spiro atoms. The number of hydrogen-bond donors (Lipinski definition) is 0. The van der Waals surface area contributed by atoms with Gasteiger partial charge in [0.05, 0.1) is 11.8 Å². The van der Waals surface area contributed by atoms with Gasteiger partial charge in [0, 0.05) is 5.56 Å². The Kier molecular flexibility index (Phi) is 3.97. The Morgan fingerprint density at radius 3 is 2.50 bits per heavy atom. The molecule has 0 aromatic heterocycles. The number of benzene rings is 3. The van der Waals surface area contributed by atoms with Crippen LogP contribution < -0.4 is 0 Å². The van der Waals surface area contributed by atoms with Gasteiger partial charge in [0.1, 0.15) is 0 Å². The minimum absolute atomic E-state index is 0.462. The lowest BCUT2D eigenvalue weighted by atomic mass is 10.1. The van der Waals surface area contributed by atoms with E-state index in [1.807, 2.05) is 61.5 Å². The van der Waals surface area contributed by atoms with Crippen LogP contribution in [0.15, 0.2) is 71.9 Å². The Labute approximate surface area is 128 Å². The summed E-state index contributed by atoms with van der Waals surface area (Å²) in [5, 5.41) is 6.01. The molecular formula is C19H15NO2. The van der Waals surface area contributed by atoms with Crippen molar-refractivity contribution in [1.82, 2.24) is 0 Å². The molecule has 3 heteroatoms. The zero-order valence-corrected chi connectivity index (χ0v) is 12.2. The van der Waals surface area contributed by atoms with Crippen molar-refractivity contribution < 1.29 is 9.63 Å². The summed E-state index contributed by atoms with van der Waals surface area (Å²) in [6.45, 7) is 1.97. The van der Waals surface area contributed by atoms with Gasteiger partial charge in [0.15, 0.2) is 0 Å². The van der Waals surface area contributed by atoms with E-state index in [1.165, 1.54) is 0 Å². The second-order valence-corrected chi connectivity index (χ2v) is 5.05. The molecule has 3 aromatic carbocycles. The van der Waals surface area contributed by atoms with Crippen LogP contribution in [0.5, 0.6) is 0 Å². The van der Waals surface area contributed by atoms with Gasteiger partial charge in [-0.2, -0.15) is 0 Å². The van der Waals surface area contributed by atoms with E-state index in [0.717, 1.165) is 21.9 Å². The molecule has 0 atom stereocenters. The molecule has 108 valence electrons. The highest BCUT2D eigenvalue weighted by Gasteiger charge is 2.05. The normalized spacial score (nSPS) is 11.0. The maximum absolute atomic E-state index is 11.9. The molecule has 3 nitrogen and oxygen atoms in total. The van der Waals surface area contributed by atoms with Gasteiger partial charge < -0.3 is 4.84 Å². The van der Waals surface area contributed by atoms with Crippen LogP contribution in [0.4, 0.5) is 0 Å². The third-order valence-electron chi connectivity index (χ3n) is 3.44. The first kappa shape index (κ1) is 14.0. The van der Waals surface area contributed by atoms with Crippen molar-refractivity contribution in [2.24, 2.45) is 5.16 Å². The van der Waals surface area contributed by atoms with Crippen LogP contribution in [0, 0.1) is 6.92 Å². The maximum Gasteiger partial charge on any atom is 0.365 e. The summed E-state index contributed by atoms with van der Waals surface area (Å²) in [4.78, 5) is 16.8. The number of carbonyl (C=O) groups is 1. The van der Waals surface area contributed by atoms with Gasteiger partial charge in [-0.3, -0.25) is 0 Å². The van der Waals surface area contributed by atoms with Gasteiger partial charge in [0.2, 0.25) is 0 Å². The predicted octanol–water partition coefficient (Wildman–Crippen LogP) is 4.34. The standard InChI is InChI=1S/C19H15NO2/c1-14-9-11-16(12-10-14)19(21)22-20-13-17-7-4-6-15-5-2-3-8-18(15)17/h2-13H,1H3/b20-13+. The largest absolute Gasteiger partial charge is 0.365 e. The Morgan fingerprint density at radius 1 is 0.955 bits per heavy atom. The van der Waals surface area contributed by atoms with E-state index < -0.39 is 5.97 Å². The van der Waals surface area contributed by atoms with Crippen LogP contribution in [-0.2, 0) is 4.84 Å². The molecule has 0 amide bonds. The van der Waals surface area contributed by atoms with Crippen LogP contribution in [0.25, 0.3) is 10.8 Å². The van der Waals surface area contributed by atoms with E-state index in [9.17, 15) is 4.79 Å². The SMILES string of the molecule is Cc1ccc(C(=O)O/N=C/c2cccc3ccccc23)cc1. The third-order valence-corrected chi connectivity index (χ3v) is 3.44. The van der Waals surface area contributed by atoms with Gasteiger partial charge >= 0.3 is 5.97 Å². The fourth-order valence-electron chi connectivity index (χ4n) is 2.24. The fraction of sp³-hybridized carbons (Fsp3) is 0.0526. The molecule has 0 aliphatic rings. The molecule has 0 N–H and O–H groups in total. The van der Waals surface area contributed by atoms with Crippen molar-refractivity contribution in [3.63, 3.8) is 0 Å². The molecular weight excluding hydrogens is 274 g/mol. The zero-order valence-electron chi connectivity index (χ0n) is 12.2. The smallest absolute Gasteiger partial charge is 0.313 e. The van der Waals surface area contributed by atoms with E-state index >= 15 is 0 Å². The molecule has 0 aliphatic carbocycles. The molecule has 0 radical (unpaired) electrons.